The molecule has 3 heteroatoms. The van der Waals surface area contributed by atoms with Crippen molar-refractivity contribution < 1.29 is 9.47 Å². The molecular weight excluding hydrogens is 160 g/mol. The highest BCUT2D eigenvalue weighted by atomic mass is 32.1. The molecule has 2 heterocycles. The van der Waals surface area contributed by atoms with E-state index in [1.807, 2.05) is 24.6 Å². The van der Waals surface area contributed by atoms with Gasteiger partial charge in [0.2, 0.25) is 0 Å². The molecule has 1 aromatic heterocycles. The lowest BCUT2D eigenvalue weighted by atomic mass is 10.1. The van der Waals surface area contributed by atoms with Crippen LogP contribution in [0, 0.1) is 0 Å². The van der Waals surface area contributed by atoms with Gasteiger partial charge >= 0.3 is 0 Å². The van der Waals surface area contributed by atoms with Crippen molar-refractivity contribution in [1.29, 1.82) is 0 Å². The van der Waals surface area contributed by atoms with E-state index in [1.54, 1.807) is 11.3 Å². The summed E-state index contributed by atoms with van der Waals surface area (Å²) in [7, 11) is 0. The molecule has 0 saturated carbocycles. The van der Waals surface area contributed by atoms with Crippen molar-refractivity contribution in [3.05, 3.63) is 10.8 Å². The van der Waals surface area contributed by atoms with E-state index in [9.17, 15) is 0 Å². The van der Waals surface area contributed by atoms with Crippen LogP contribution in [0.15, 0.2) is 10.8 Å². The molecule has 0 aromatic carbocycles. The van der Waals surface area contributed by atoms with Crippen molar-refractivity contribution in [2.24, 2.45) is 0 Å². The van der Waals surface area contributed by atoms with Crippen LogP contribution in [-0.2, 0) is 0 Å². The van der Waals surface area contributed by atoms with Crippen LogP contribution in [-0.4, -0.2) is 12.2 Å². The molecular formula is C8H10O2S. The predicted octanol–water partition coefficient (Wildman–Crippen LogP) is 2.30. The molecule has 0 N–H and O–H groups in total. The predicted molar refractivity (Wildman–Crippen MR) is 44.5 cm³/mol. The van der Waals surface area contributed by atoms with Crippen LogP contribution in [0.1, 0.15) is 13.8 Å². The normalized spacial score (nSPS) is 19.8. The van der Waals surface area contributed by atoms with Gasteiger partial charge in [0.05, 0.1) is 0 Å². The van der Waals surface area contributed by atoms with E-state index in [2.05, 4.69) is 0 Å². The first kappa shape index (κ1) is 6.98. The zero-order valence-electron chi connectivity index (χ0n) is 6.59. The van der Waals surface area contributed by atoms with Crippen LogP contribution in [0.3, 0.4) is 0 Å². The van der Waals surface area contributed by atoms with Crippen LogP contribution >= 0.6 is 11.3 Å². The van der Waals surface area contributed by atoms with Crippen molar-refractivity contribution in [3.63, 3.8) is 0 Å². The van der Waals surface area contributed by atoms with Crippen molar-refractivity contribution >= 4 is 11.3 Å². The third-order valence-corrected chi connectivity index (χ3v) is 2.25. The van der Waals surface area contributed by atoms with Crippen molar-refractivity contribution in [2.75, 3.05) is 6.61 Å². The molecule has 0 saturated heterocycles. The zero-order chi connectivity index (χ0) is 7.90. The van der Waals surface area contributed by atoms with Crippen LogP contribution in [0.2, 0.25) is 0 Å². The Morgan fingerprint density at radius 3 is 2.91 bits per heavy atom. The fraction of sp³-hybridized carbons (Fsp3) is 0.500. The second-order valence-electron chi connectivity index (χ2n) is 3.25. The second-order valence-corrected chi connectivity index (χ2v) is 3.99. The molecule has 11 heavy (non-hydrogen) atoms. The monoisotopic (exact) mass is 170 g/mol. The van der Waals surface area contributed by atoms with Crippen molar-refractivity contribution in [1.82, 2.24) is 0 Å². The van der Waals surface area contributed by atoms with Gasteiger partial charge in [-0.1, -0.05) is 0 Å². The number of hydrogen-bond acceptors (Lipinski definition) is 3. The molecule has 0 radical (unpaired) electrons. The zero-order valence-corrected chi connectivity index (χ0v) is 7.40. The minimum atomic E-state index is -0.173. The van der Waals surface area contributed by atoms with E-state index in [0.29, 0.717) is 6.61 Å². The number of fused-ring (bicyclic) bond motifs is 1. The standard InChI is InChI=1S/C8H10O2S/c1-8(2)5-9-6-3-11-4-7(6)10-8/h3-4H,5H2,1-2H3. The number of ether oxygens (including phenoxy) is 2. The molecule has 0 unspecified atom stereocenters. The van der Waals surface area contributed by atoms with E-state index >= 15 is 0 Å². The molecule has 0 amide bonds. The lowest BCUT2D eigenvalue weighted by Gasteiger charge is -2.30. The average molecular weight is 170 g/mol. The Kier molecular flexibility index (Phi) is 1.36. The van der Waals surface area contributed by atoms with Gasteiger partial charge in [0.15, 0.2) is 11.5 Å². The maximum Gasteiger partial charge on any atom is 0.172 e. The molecule has 2 rings (SSSR count). The third-order valence-electron chi connectivity index (χ3n) is 1.55. The van der Waals surface area contributed by atoms with Crippen LogP contribution in [0.4, 0.5) is 0 Å². The smallest absolute Gasteiger partial charge is 0.172 e. The van der Waals surface area contributed by atoms with E-state index < -0.39 is 0 Å². The third kappa shape index (κ3) is 1.20. The summed E-state index contributed by atoms with van der Waals surface area (Å²) in [6.45, 7) is 4.68. The Balaban J connectivity index is 2.32. The number of thiophene rings is 1. The SMILES string of the molecule is CC1(C)COc2cscc2O1. The molecule has 1 aliphatic heterocycles. The summed E-state index contributed by atoms with van der Waals surface area (Å²) in [5, 5.41) is 3.93. The molecule has 60 valence electrons. The summed E-state index contributed by atoms with van der Waals surface area (Å²) >= 11 is 1.61. The van der Waals surface area contributed by atoms with E-state index in [0.717, 1.165) is 11.5 Å². The molecule has 0 fully saturated rings. The van der Waals surface area contributed by atoms with Gasteiger partial charge in [-0.2, -0.15) is 0 Å². The molecule has 0 aliphatic carbocycles. The van der Waals surface area contributed by atoms with Gasteiger partial charge in [0.1, 0.15) is 12.2 Å². The van der Waals surface area contributed by atoms with Crippen molar-refractivity contribution in [3.8, 4) is 11.5 Å². The second kappa shape index (κ2) is 2.14. The Hall–Kier alpha value is -0.700. The first-order valence-electron chi connectivity index (χ1n) is 3.55. The quantitative estimate of drug-likeness (QED) is 0.594. The summed E-state index contributed by atoms with van der Waals surface area (Å²) in [5.74, 6) is 1.76. The van der Waals surface area contributed by atoms with E-state index in [1.165, 1.54) is 0 Å². The maximum atomic E-state index is 5.64. The summed E-state index contributed by atoms with van der Waals surface area (Å²) in [6, 6.07) is 0. The summed E-state index contributed by atoms with van der Waals surface area (Å²) in [6.07, 6.45) is 0. The van der Waals surface area contributed by atoms with Gasteiger partial charge in [-0.3, -0.25) is 0 Å². The molecule has 0 bridgehead atoms. The first-order chi connectivity index (χ1) is 5.17. The van der Waals surface area contributed by atoms with Gasteiger partial charge in [0.25, 0.3) is 0 Å². The Morgan fingerprint density at radius 2 is 2.09 bits per heavy atom. The van der Waals surface area contributed by atoms with Gasteiger partial charge in [-0.15, -0.1) is 11.3 Å². The Bertz CT molecular complexity index is 265. The molecule has 1 aromatic rings. The highest BCUT2D eigenvalue weighted by molar-refractivity contribution is 7.08. The molecule has 1 aliphatic rings. The first-order valence-corrected chi connectivity index (χ1v) is 4.50. The minimum Gasteiger partial charge on any atom is -0.485 e. The van der Waals surface area contributed by atoms with E-state index in [4.69, 9.17) is 9.47 Å². The van der Waals surface area contributed by atoms with Crippen molar-refractivity contribution in [2.45, 2.75) is 19.4 Å². The van der Waals surface area contributed by atoms with Gasteiger partial charge < -0.3 is 9.47 Å². The Labute approximate surface area is 69.8 Å². The lowest BCUT2D eigenvalue weighted by molar-refractivity contribution is 0.0224. The average Bonchev–Trinajstić information content (AvgIpc) is 2.31. The fourth-order valence-corrected chi connectivity index (χ4v) is 1.70. The Morgan fingerprint density at radius 1 is 1.36 bits per heavy atom. The van der Waals surface area contributed by atoms with Gasteiger partial charge in [0, 0.05) is 10.8 Å². The van der Waals surface area contributed by atoms with Crippen LogP contribution < -0.4 is 9.47 Å². The van der Waals surface area contributed by atoms with Crippen LogP contribution in [0.5, 0.6) is 11.5 Å². The fourth-order valence-electron chi connectivity index (χ4n) is 1.03. The molecule has 0 atom stereocenters. The lowest BCUT2D eigenvalue weighted by Crippen LogP contribution is -2.38. The summed E-state index contributed by atoms with van der Waals surface area (Å²) < 4.78 is 11.1. The molecule has 0 spiro atoms. The minimum absolute atomic E-state index is 0.173. The summed E-state index contributed by atoms with van der Waals surface area (Å²) in [5.41, 5.74) is -0.173. The summed E-state index contributed by atoms with van der Waals surface area (Å²) in [4.78, 5) is 0. The number of rotatable bonds is 0. The highest BCUT2D eigenvalue weighted by Gasteiger charge is 2.28. The van der Waals surface area contributed by atoms with Gasteiger partial charge in [-0.25, -0.2) is 0 Å². The largest absolute Gasteiger partial charge is 0.485 e. The topological polar surface area (TPSA) is 18.5 Å². The van der Waals surface area contributed by atoms with Gasteiger partial charge in [-0.05, 0) is 13.8 Å². The maximum absolute atomic E-state index is 5.64. The van der Waals surface area contributed by atoms with E-state index in [-0.39, 0.29) is 5.60 Å². The van der Waals surface area contributed by atoms with Crippen LogP contribution in [0.25, 0.3) is 0 Å². The highest BCUT2D eigenvalue weighted by Crippen LogP contribution is 2.37. The number of hydrogen-bond donors (Lipinski definition) is 0. The molecule has 2 nitrogen and oxygen atoms in total.